The van der Waals surface area contributed by atoms with Gasteiger partial charge in [0.05, 0.1) is 10.5 Å². The Morgan fingerprint density at radius 1 is 1.50 bits per heavy atom. The first-order valence-corrected chi connectivity index (χ1v) is 6.63. The number of rotatable bonds is 5. The molecule has 0 radical (unpaired) electrons. The van der Waals surface area contributed by atoms with E-state index in [0.717, 1.165) is 32.2 Å². The van der Waals surface area contributed by atoms with Crippen LogP contribution in [0.2, 0.25) is 0 Å². The number of nitrogens with one attached hydrogen (secondary N) is 1. The summed E-state index contributed by atoms with van der Waals surface area (Å²) in [4.78, 5) is 12.8. The smallest absolute Gasteiger partial charge is 0.274 e. The van der Waals surface area contributed by atoms with E-state index in [1.807, 2.05) is 0 Å². The van der Waals surface area contributed by atoms with Crippen LogP contribution < -0.4 is 5.32 Å². The van der Waals surface area contributed by atoms with Gasteiger partial charge in [0.1, 0.15) is 5.82 Å². The fourth-order valence-electron chi connectivity index (χ4n) is 2.58. The minimum absolute atomic E-state index is 0.0308. The third-order valence-electron chi connectivity index (χ3n) is 3.53. The predicted molar refractivity (Wildman–Crippen MR) is 75.1 cm³/mol. The molecule has 1 aromatic rings. The highest BCUT2D eigenvalue weighted by atomic mass is 19.1. The van der Waals surface area contributed by atoms with Gasteiger partial charge in [-0.1, -0.05) is 6.08 Å². The lowest BCUT2D eigenvalue weighted by atomic mass is 9.99. The first kappa shape index (κ1) is 14.6. The van der Waals surface area contributed by atoms with Crippen LogP contribution in [-0.4, -0.2) is 36.0 Å². The topological polar surface area (TPSA) is 58.4 Å². The van der Waals surface area contributed by atoms with Crippen LogP contribution in [0.4, 0.5) is 10.1 Å². The Labute approximate surface area is 117 Å². The lowest BCUT2D eigenvalue weighted by molar-refractivity contribution is -0.386. The van der Waals surface area contributed by atoms with Crippen molar-refractivity contribution in [2.75, 3.05) is 26.2 Å². The minimum atomic E-state index is -0.451. The van der Waals surface area contributed by atoms with Crippen molar-refractivity contribution in [2.45, 2.75) is 12.5 Å². The lowest BCUT2D eigenvalue weighted by Gasteiger charge is -2.34. The van der Waals surface area contributed by atoms with Gasteiger partial charge in [-0.2, -0.15) is 0 Å². The quantitative estimate of drug-likeness (QED) is 0.510. The minimum Gasteiger partial charge on any atom is -0.314 e. The molecular weight excluding hydrogens is 261 g/mol. The maximum absolute atomic E-state index is 13.5. The van der Waals surface area contributed by atoms with E-state index in [1.165, 1.54) is 12.1 Å². The normalized spacial score (nSPS) is 17.6. The van der Waals surface area contributed by atoms with E-state index in [-0.39, 0.29) is 11.7 Å². The largest absolute Gasteiger partial charge is 0.314 e. The van der Waals surface area contributed by atoms with Gasteiger partial charge in [0.15, 0.2) is 0 Å². The maximum Gasteiger partial charge on any atom is 0.274 e. The summed E-state index contributed by atoms with van der Waals surface area (Å²) in [6.45, 7) is 6.94. The summed E-state index contributed by atoms with van der Waals surface area (Å²) in [5.41, 5.74) is 0.397. The van der Waals surface area contributed by atoms with Gasteiger partial charge < -0.3 is 5.32 Å². The molecule has 0 amide bonds. The number of nitro benzene ring substituents is 1. The molecule has 0 bridgehead atoms. The summed E-state index contributed by atoms with van der Waals surface area (Å²) in [5.74, 6) is -0.449. The van der Waals surface area contributed by atoms with Gasteiger partial charge in [0, 0.05) is 38.3 Å². The van der Waals surface area contributed by atoms with E-state index < -0.39 is 10.7 Å². The fourth-order valence-corrected chi connectivity index (χ4v) is 2.58. The average molecular weight is 279 g/mol. The molecule has 1 N–H and O–H groups in total. The molecule has 0 aliphatic carbocycles. The zero-order chi connectivity index (χ0) is 14.5. The molecular formula is C14H18FN3O2. The van der Waals surface area contributed by atoms with Gasteiger partial charge in [-0.05, 0) is 18.6 Å². The van der Waals surface area contributed by atoms with Crippen LogP contribution in [0.15, 0.2) is 30.9 Å². The molecule has 0 aromatic heterocycles. The Kier molecular flexibility index (Phi) is 4.81. The second-order valence-corrected chi connectivity index (χ2v) is 4.79. The van der Waals surface area contributed by atoms with Crippen molar-refractivity contribution in [1.82, 2.24) is 10.2 Å². The molecule has 0 unspecified atom stereocenters. The maximum atomic E-state index is 13.5. The van der Waals surface area contributed by atoms with Crippen LogP contribution in [0.25, 0.3) is 0 Å². The van der Waals surface area contributed by atoms with Crippen molar-refractivity contribution in [3.05, 3.63) is 52.3 Å². The summed E-state index contributed by atoms with van der Waals surface area (Å²) >= 11 is 0. The number of nitrogens with zero attached hydrogens (tertiary/aromatic N) is 2. The monoisotopic (exact) mass is 279 g/mol. The molecule has 1 aromatic carbocycles. The standard InChI is InChI=1S/C14H18FN3O2/c1-2-3-13(17-8-6-16-7-9-17)12-10-11(15)4-5-14(12)18(19)20/h2,4-5,10,13,16H,1,3,6-9H2/t13-/m1/s1. The molecule has 1 aliphatic rings. The third-order valence-corrected chi connectivity index (χ3v) is 3.53. The molecule has 1 atom stereocenters. The van der Waals surface area contributed by atoms with Gasteiger partial charge >= 0.3 is 0 Å². The molecule has 20 heavy (non-hydrogen) atoms. The van der Waals surface area contributed by atoms with Gasteiger partial charge in [0.2, 0.25) is 0 Å². The number of benzene rings is 1. The number of piperazine rings is 1. The van der Waals surface area contributed by atoms with Crippen molar-refractivity contribution >= 4 is 5.69 Å². The fraction of sp³-hybridized carbons (Fsp3) is 0.429. The van der Waals surface area contributed by atoms with Crippen molar-refractivity contribution in [2.24, 2.45) is 0 Å². The van der Waals surface area contributed by atoms with Crippen LogP contribution in [-0.2, 0) is 0 Å². The van der Waals surface area contributed by atoms with Gasteiger partial charge in [-0.15, -0.1) is 6.58 Å². The number of nitro groups is 1. The molecule has 5 nitrogen and oxygen atoms in total. The Morgan fingerprint density at radius 3 is 2.80 bits per heavy atom. The van der Waals surface area contributed by atoms with E-state index in [9.17, 15) is 14.5 Å². The summed E-state index contributed by atoms with van der Waals surface area (Å²) in [5, 5.41) is 14.4. The van der Waals surface area contributed by atoms with Crippen LogP contribution in [0, 0.1) is 15.9 Å². The third kappa shape index (κ3) is 3.20. The zero-order valence-electron chi connectivity index (χ0n) is 11.2. The SMILES string of the molecule is C=CC[C@H](c1cc(F)ccc1[N+](=O)[O-])N1CCNCC1. The van der Waals surface area contributed by atoms with Crippen molar-refractivity contribution in [1.29, 1.82) is 0 Å². The highest BCUT2D eigenvalue weighted by molar-refractivity contribution is 5.43. The molecule has 1 saturated heterocycles. The van der Waals surface area contributed by atoms with Crippen LogP contribution >= 0.6 is 0 Å². The van der Waals surface area contributed by atoms with Crippen LogP contribution in [0.5, 0.6) is 0 Å². The van der Waals surface area contributed by atoms with Gasteiger partial charge in [0.25, 0.3) is 5.69 Å². The molecule has 1 fully saturated rings. The summed E-state index contributed by atoms with van der Waals surface area (Å²) in [6.07, 6.45) is 2.28. The van der Waals surface area contributed by atoms with E-state index in [0.29, 0.717) is 12.0 Å². The Balaban J connectivity index is 2.39. The molecule has 0 saturated carbocycles. The van der Waals surface area contributed by atoms with E-state index in [2.05, 4.69) is 16.8 Å². The van der Waals surface area contributed by atoms with Crippen LogP contribution in [0.3, 0.4) is 0 Å². The van der Waals surface area contributed by atoms with Gasteiger partial charge in [-0.3, -0.25) is 15.0 Å². The summed E-state index contributed by atoms with van der Waals surface area (Å²) in [7, 11) is 0. The molecule has 1 aliphatic heterocycles. The Bertz CT molecular complexity index is 501. The second-order valence-electron chi connectivity index (χ2n) is 4.79. The highest BCUT2D eigenvalue weighted by Crippen LogP contribution is 2.32. The Morgan fingerprint density at radius 2 is 2.20 bits per heavy atom. The van der Waals surface area contributed by atoms with Crippen molar-refractivity contribution in [3.8, 4) is 0 Å². The van der Waals surface area contributed by atoms with E-state index >= 15 is 0 Å². The summed E-state index contributed by atoms with van der Waals surface area (Å²) in [6, 6.07) is 3.44. The number of hydrogen-bond donors (Lipinski definition) is 1. The predicted octanol–water partition coefficient (Wildman–Crippen LogP) is 2.26. The van der Waals surface area contributed by atoms with Crippen LogP contribution in [0.1, 0.15) is 18.0 Å². The first-order chi connectivity index (χ1) is 9.63. The molecule has 6 heteroatoms. The first-order valence-electron chi connectivity index (χ1n) is 6.63. The number of halogens is 1. The average Bonchev–Trinajstić information content (AvgIpc) is 2.45. The zero-order valence-corrected chi connectivity index (χ0v) is 11.2. The van der Waals surface area contributed by atoms with Crippen molar-refractivity contribution in [3.63, 3.8) is 0 Å². The summed E-state index contributed by atoms with van der Waals surface area (Å²) < 4.78 is 13.5. The molecule has 0 spiro atoms. The van der Waals surface area contributed by atoms with E-state index in [1.54, 1.807) is 6.08 Å². The highest BCUT2D eigenvalue weighted by Gasteiger charge is 2.27. The van der Waals surface area contributed by atoms with Crippen molar-refractivity contribution < 1.29 is 9.31 Å². The second kappa shape index (κ2) is 6.58. The Hall–Kier alpha value is -1.79. The molecule has 1 heterocycles. The lowest BCUT2D eigenvalue weighted by Crippen LogP contribution is -2.45. The van der Waals surface area contributed by atoms with Gasteiger partial charge in [-0.25, -0.2) is 4.39 Å². The number of hydrogen-bond acceptors (Lipinski definition) is 4. The molecule has 108 valence electrons. The molecule has 2 rings (SSSR count). The van der Waals surface area contributed by atoms with E-state index in [4.69, 9.17) is 0 Å².